The van der Waals surface area contributed by atoms with Crippen LogP contribution in [0.3, 0.4) is 0 Å². The van der Waals surface area contributed by atoms with Crippen LogP contribution in [-0.2, 0) is 18.4 Å². The number of nitrogens with one attached hydrogen (secondary N) is 1. The third-order valence-electron chi connectivity index (χ3n) is 2.13. The van der Waals surface area contributed by atoms with E-state index in [1.54, 1.807) is 13.2 Å². The van der Waals surface area contributed by atoms with Crippen molar-refractivity contribution in [2.45, 2.75) is 12.7 Å². The molecule has 17 heavy (non-hydrogen) atoms. The first-order valence-corrected chi connectivity index (χ1v) is 4.78. The van der Waals surface area contributed by atoms with Gasteiger partial charge in [0.1, 0.15) is 0 Å². The van der Waals surface area contributed by atoms with Crippen LogP contribution in [0.5, 0.6) is 0 Å². The summed E-state index contributed by atoms with van der Waals surface area (Å²) in [5.41, 5.74) is 0.693. The van der Waals surface area contributed by atoms with Gasteiger partial charge in [0.05, 0.1) is 6.20 Å². The van der Waals surface area contributed by atoms with E-state index in [9.17, 15) is 18.0 Å². The van der Waals surface area contributed by atoms with Crippen LogP contribution in [0.4, 0.5) is 13.2 Å². The fraction of sp³-hybridized carbons (Fsp3) is 0.556. The molecule has 1 aromatic heterocycles. The van der Waals surface area contributed by atoms with Gasteiger partial charge in [0, 0.05) is 31.9 Å². The number of alkyl halides is 3. The zero-order valence-corrected chi connectivity index (χ0v) is 9.03. The largest absolute Gasteiger partial charge is 0.481 e. The highest BCUT2D eigenvalue weighted by Gasteiger charge is 2.44. The van der Waals surface area contributed by atoms with E-state index in [-0.39, 0.29) is 6.54 Å². The van der Waals surface area contributed by atoms with Crippen LogP contribution in [0.15, 0.2) is 12.4 Å². The summed E-state index contributed by atoms with van der Waals surface area (Å²) >= 11 is 0. The minimum absolute atomic E-state index is 0.147. The van der Waals surface area contributed by atoms with E-state index < -0.39 is 24.6 Å². The van der Waals surface area contributed by atoms with Crippen LogP contribution < -0.4 is 5.32 Å². The summed E-state index contributed by atoms with van der Waals surface area (Å²) in [4.78, 5) is 10.4. The van der Waals surface area contributed by atoms with Gasteiger partial charge in [-0.15, -0.1) is 0 Å². The van der Waals surface area contributed by atoms with Crippen LogP contribution in [0.25, 0.3) is 0 Å². The van der Waals surface area contributed by atoms with Crippen LogP contribution in [-0.4, -0.2) is 33.6 Å². The fourth-order valence-corrected chi connectivity index (χ4v) is 1.27. The summed E-state index contributed by atoms with van der Waals surface area (Å²) in [7, 11) is 1.68. The number of aromatic nitrogens is 2. The number of hydrogen-bond donors (Lipinski definition) is 2. The lowest BCUT2D eigenvalue weighted by Gasteiger charge is -2.16. The third-order valence-corrected chi connectivity index (χ3v) is 2.13. The van der Waals surface area contributed by atoms with Gasteiger partial charge >= 0.3 is 12.1 Å². The number of carboxylic acid groups (broad SMARTS) is 1. The Kier molecular flexibility index (Phi) is 4.11. The van der Waals surface area contributed by atoms with Crippen molar-refractivity contribution in [1.29, 1.82) is 0 Å². The molecule has 0 saturated carbocycles. The Morgan fingerprint density at radius 2 is 2.29 bits per heavy atom. The van der Waals surface area contributed by atoms with Gasteiger partial charge in [-0.25, -0.2) is 0 Å². The molecule has 0 aliphatic rings. The quantitative estimate of drug-likeness (QED) is 0.811. The van der Waals surface area contributed by atoms with Crippen LogP contribution in [0.2, 0.25) is 0 Å². The van der Waals surface area contributed by atoms with Gasteiger partial charge in [-0.2, -0.15) is 18.3 Å². The zero-order chi connectivity index (χ0) is 13.1. The normalized spacial score (nSPS) is 13.6. The third kappa shape index (κ3) is 4.06. The molecule has 5 nitrogen and oxygen atoms in total. The zero-order valence-electron chi connectivity index (χ0n) is 9.03. The molecule has 1 atom stereocenters. The molecule has 1 aromatic rings. The summed E-state index contributed by atoms with van der Waals surface area (Å²) in [6.45, 7) is -0.512. The fourth-order valence-electron chi connectivity index (χ4n) is 1.27. The van der Waals surface area contributed by atoms with Gasteiger partial charge in [0.2, 0.25) is 0 Å². The second-order valence-electron chi connectivity index (χ2n) is 3.59. The molecule has 0 aromatic carbocycles. The molecule has 0 saturated heterocycles. The topological polar surface area (TPSA) is 67.2 Å². The Morgan fingerprint density at radius 3 is 2.71 bits per heavy atom. The second kappa shape index (κ2) is 5.17. The molecular formula is C9H12F3N3O2. The van der Waals surface area contributed by atoms with E-state index in [1.165, 1.54) is 10.9 Å². The molecule has 0 spiro atoms. The lowest BCUT2D eigenvalue weighted by molar-refractivity contribution is -0.192. The lowest BCUT2D eigenvalue weighted by atomic mass is 10.1. The van der Waals surface area contributed by atoms with Crippen molar-refractivity contribution in [1.82, 2.24) is 15.1 Å². The van der Waals surface area contributed by atoms with E-state index >= 15 is 0 Å². The number of aryl methyl sites for hydroxylation is 1. The van der Waals surface area contributed by atoms with Crippen molar-refractivity contribution in [3.05, 3.63) is 18.0 Å². The molecule has 8 heteroatoms. The van der Waals surface area contributed by atoms with Crippen molar-refractivity contribution in [3.63, 3.8) is 0 Å². The van der Waals surface area contributed by atoms with Crippen LogP contribution in [0.1, 0.15) is 5.56 Å². The maximum absolute atomic E-state index is 12.3. The molecule has 0 aliphatic carbocycles. The summed E-state index contributed by atoms with van der Waals surface area (Å²) in [5, 5.41) is 14.7. The van der Waals surface area contributed by atoms with E-state index in [1.807, 2.05) is 0 Å². The standard InChI is InChI=1S/C9H12F3N3O2/c1-15-5-6(3-14-15)2-13-4-7(8(16)17)9(10,11)12/h3,5,7,13H,2,4H2,1H3,(H,16,17). The SMILES string of the molecule is Cn1cc(CNCC(C(=O)O)C(F)(F)F)cn1. The average molecular weight is 251 g/mol. The number of nitrogens with zero attached hydrogens (tertiary/aromatic N) is 2. The molecule has 1 rings (SSSR count). The average Bonchev–Trinajstić information content (AvgIpc) is 2.56. The molecule has 96 valence electrons. The smallest absolute Gasteiger partial charge is 0.403 e. The van der Waals surface area contributed by atoms with Gasteiger partial charge < -0.3 is 10.4 Å². The maximum atomic E-state index is 12.3. The van der Waals surface area contributed by atoms with Gasteiger partial charge in [0.25, 0.3) is 0 Å². The second-order valence-corrected chi connectivity index (χ2v) is 3.59. The molecule has 0 fully saturated rings. The molecule has 2 N–H and O–H groups in total. The Morgan fingerprint density at radius 1 is 1.65 bits per heavy atom. The minimum atomic E-state index is -4.74. The first kappa shape index (κ1) is 13.5. The minimum Gasteiger partial charge on any atom is -0.481 e. The molecular weight excluding hydrogens is 239 g/mol. The highest BCUT2D eigenvalue weighted by molar-refractivity contribution is 5.71. The van der Waals surface area contributed by atoms with Crippen molar-refractivity contribution in [2.75, 3.05) is 6.54 Å². The van der Waals surface area contributed by atoms with Crippen LogP contribution in [0, 0.1) is 5.92 Å². The molecule has 1 unspecified atom stereocenters. The Hall–Kier alpha value is -1.57. The monoisotopic (exact) mass is 251 g/mol. The molecule has 0 aliphatic heterocycles. The summed E-state index contributed by atoms with van der Waals surface area (Å²) in [6.07, 6.45) is -1.61. The van der Waals surface area contributed by atoms with Gasteiger partial charge in [-0.1, -0.05) is 0 Å². The van der Waals surface area contributed by atoms with E-state index in [4.69, 9.17) is 5.11 Å². The Balaban J connectivity index is 2.46. The molecule has 0 radical (unpaired) electrons. The van der Waals surface area contributed by atoms with Crippen molar-refractivity contribution < 1.29 is 23.1 Å². The lowest BCUT2D eigenvalue weighted by Crippen LogP contribution is -2.38. The molecule has 0 bridgehead atoms. The van der Waals surface area contributed by atoms with Gasteiger partial charge in [-0.3, -0.25) is 9.48 Å². The first-order chi connectivity index (χ1) is 7.80. The number of hydrogen-bond acceptors (Lipinski definition) is 3. The predicted molar refractivity (Wildman–Crippen MR) is 52.1 cm³/mol. The van der Waals surface area contributed by atoms with Crippen LogP contribution >= 0.6 is 0 Å². The number of aliphatic carboxylic acids is 1. The van der Waals surface area contributed by atoms with E-state index in [2.05, 4.69) is 10.4 Å². The van der Waals surface area contributed by atoms with E-state index in [0.29, 0.717) is 5.56 Å². The first-order valence-electron chi connectivity index (χ1n) is 4.78. The molecule has 0 amide bonds. The summed E-state index contributed by atoms with van der Waals surface area (Å²) in [6, 6.07) is 0. The van der Waals surface area contributed by atoms with Gasteiger partial charge in [0.15, 0.2) is 5.92 Å². The summed E-state index contributed by atoms with van der Waals surface area (Å²) in [5.74, 6) is -4.27. The molecule has 1 heterocycles. The van der Waals surface area contributed by atoms with E-state index in [0.717, 1.165) is 0 Å². The Labute approximate surface area is 95.2 Å². The number of rotatable bonds is 5. The Bertz CT molecular complexity index is 389. The number of carboxylic acids is 1. The number of carbonyl (C=O) groups is 1. The van der Waals surface area contributed by atoms with Gasteiger partial charge in [-0.05, 0) is 0 Å². The van der Waals surface area contributed by atoms with Crippen molar-refractivity contribution >= 4 is 5.97 Å². The predicted octanol–water partition coefficient (Wildman–Crippen LogP) is 0.773. The maximum Gasteiger partial charge on any atom is 0.403 e. The number of halogens is 3. The summed E-state index contributed by atoms with van der Waals surface area (Å²) < 4.78 is 38.3. The van der Waals surface area contributed by atoms with Crippen molar-refractivity contribution in [3.8, 4) is 0 Å². The van der Waals surface area contributed by atoms with Crippen molar-refractivity contribution in [2.24, 2.45) is 13.0 Å². The highest BCUT2D eigenvalue weighted by atomic mass is 19.4. The highest BCUT2D eigenvalue weighted by Crippen LogP contribution is 2.25.